The molecule has 0 bridgehead atoms. The third-order valence-corrected chi connectivity index (χ3v) is 14.5. The minimum Gasteiger partial charge on any atom is -0.305 e. The Kier molecular flexibility index (Phi) is 9.62. The van der Waals surface area contributed by atoms with Gasteiger partial charge in [0.15, 0.2) is 0 Å². The van der Waals surface area contributed by atoms with Crippen molar-refractivity contribution in [1.29, 1.82) is 0 Å². The van der Waals surface area contributed by atoms with Gasteiger partial charge in [0, 0.05) is 32.4 Å². The number of benzene rings is 5. The van der Waals surface area contributed by atoms with Gasteiger partial charge in [-0.05, 0) is 61.4 Å². The van der Waals surface area contributed by atoms with E-state index in [1.165, 1.54) is 51.7 Å². The molecule has 0 atom stereocenters. The summed E-state index contributed by atoms with van der Waals surface area (Å²) in [5.74, 6) is 6.54. The molecule has 0 saturated heterocycles. The average Bonchev–Trinajstić information content (AvgIpc) is 3.45. The molecule has 8 aromatic rings. The summed E-state index contributed by atoms with van der Waals surface area (Å²) in [5, 5.41) is 7.62. The van der Waals surface area contributed by atoms with Gasteiger partial charge >= 0.3 is 106 Å². The fourth-order valence-electron chi connectivity index (χ4n) is 6.35. The molecule has 1 radical (unpaired) electrons. The number of hydrogen-bond acceptors (Lipinski definition) is 3. The monoisotopic (exact) mass is 882 g/mol. The predicted molar refractivity (Wildman–Crippen MR) is 207 cm³/mol. The molecule has 0 amide bonds. The molecule has 0 aliphatic heterocycles. The summed E-state index contributed by atoms with van der Waals surface area (Å²) in [5.41, 5.74) is 6.33. The Bertz CT molecular complexity index is 2440. The van der Waals surface area contributed by atoms with Gasteiger partial charge in [0.1, 0.15) is 0 Å². The molecular formula is C43H38GeIrN2S-2. The summed E-state index contributed by atoms with van der Waals surface area (Å²) in [7, 11) is 0. The fourth-order valence-corrected chi connectivity index (χ4v) is 11.2. The van der Waals surface area contributed by atoms with Crippen molar-refractivity contribution in [2.75, 3.05) is 0 Å². The summed E-state index contributed by atoms with van der Waals surface area (Å²) in [6.07, 6.45) is 3.88. The van der Waals surface area contributed by atoms with Crippen LogP contribution >= 0.6 is 11.3 Å². The summed E-state index contributed by atoms with van der Waals surface area (Å²) in [6.45, 7) is 6.01. The first-order valence-electron chi connectivity index (χ1n) is 16.6. The second kappa shape index (κ2) is 14.1. The maximum Gasteiger partial charge on any atom is 0.0346 e. The van der Waals surface area contributed by atoms with Crippen LogP contribution in [-0.4, -0.2) is 23.2 Å². The second-order valence-electron chi connectivity index (χ2n) is 13.4. The number of rotatable bonds is 4. The molecule has 2 nitrogen and oxygen atoms in total. The van der Waals surface area contributed by atoms with Crippen LogP contribution in [-0.2, 0) is 20.1 Å². The third kappa shape index (κ3) is 6.77. The summed E-state index contributed by atoms with van der Waals surface area (Å²) in [6, 6.07) is 42.6. The van der Waals surface area contributed by atoms with Crippen LogP contribution in [0.15, 0.2) is 116 Å². The first-order chi connectivity index (χ1) is 23.0. The summed E-state index contributed by atoms with van der Waals surface area (Å²) < 4.78 is 12.4. The van der Waals surface area contributed by atoms with E-state index in [-0.39, 0.29) is 20.1 Å². The van der Waals surface area contributed by atoms with Crippen molar-refractivity contribution in [2.24, 2.45) is 0 Å². The molecule has 0 spiro atoms. The Labute approximate surface area is 305 Å². The van der Waals surface area contributed by atoms with Gasteiger partial charge in [-0.2, -0.15) is 11.3 Å². The quantitative estimate of drug-likeness (QED) is 0.1000. The van der Waals surface area contributed by atoms with Gasteiger partial charge in [-0.15, -0.1) is 23.8 Å². The molecule has 3 heterocycles. The van der Waals surface area contributed by atoms with Crippen LogP contribution in [0.5, 0.6) is 0 Å². The second-order valence-corrected chi connectivity index (χ2v) is 25.0. The largest absolute Gasteiger partial charge is 0.305 e. The van der Waals surface area contributed by atoms with Crippen LogP contribution in [0.25, 0.3) is 64.2 Å². The molecule has 8 rings (SSSR count). The Hall–Kier alpha value is -3.67. The van der Waals surface area contributed by atoms with Crippen LogP contribution in [0, 0.1) is 19.1 Å². The van der Waals surface area contributed by atoms with Gasteiger partial charge in [0.05, 0.1) is 0 Å². The van der Waals surface area contributed by atoms with E-state index >= 15 is 0 Å². The van der Waals surface area contributed by atoms with E-state index < -0.39 is 19.2 Å². The number of aryl methyl sites for hydroxylation is 1. The van der Waals surface area contributed by atoms with Crippen LogP contribution in [0.4, 0.5) is 0 Å². The van der Waals surface area contributed by atoms with Crippen LogP contribution in [0.2, 0.25) is 17.3 Å². The normalized spacial score (nSPS) is 12.1. The van der Waals surface area contributed by atoms with Crippen molar-refractivity contribution in [3.05, 3.63) is 139 Å². The van der Waals surface area contributed by atoms with E-state index in [0.29, 0.717) is 0 Å². The van der Waals surface area contributed by atoms with Gasteiger partial charge in [-0.1, -0.05) is 67.3 Å². The zero-order valence-electron chi connectivity index (χ0n) is 29.1. The molecule has 0 saturated carbocycles. The fraction of sp³-hybridized carbons (Fsp3) is 0.163. The molecule has 0 unspecified atom stereocenters. The first-order valence-corrected chi connectivity index (χ1v) is 24.2. The van der Waals surface area contributed by atoms with Gasteiger partial charge in [-0.3, -0.25) is 0 Å². The number of hydrogen-bond donors (Lipinski definition) is 0. The number of fused-ring (bicyclic) bond motifs is 6. The number of aromatic nitrogens is 2. The minimum atomic E-state index is -1.77. The van der Waals surface area contributed by atoms with Gasteiger partial charge < -0.3 is 4.98 Å². The number of nitrogens with zero attached hydrogens (tertiary/aromatic N) is 2. The molecule has 0 aliphatic rings. The maximum absolute atomic E-state index is 8.40. The molecule has 0 fully saturated rings. The maximum atomic E-state index is 8.40. The van der Waals surface area contributed by atoms with E-state index in [4.69, 9.17) is 1.37 Å². The van der Waals surface area contributed by atoms with Crippen molar-refractivity contribution in [3.63, 3.8) is 0 Å². The Morgan fingerprint density at radius 1 is 0.729 bits per heavy atom. The molecule has 5 heteroatoms. The molecule has 3 aromatic heterocycles. The van der Waals surface area contributed by atoms with Crippen LogP contribution in [0.1, 0.15) is 32.2 Å². The van der Waals surface area contributed by atoms with Crippen molar-refractivity contribution >= 4 is 70.7 Å². The smallest absolute Gasteiger partial charge is 0.0346 e. The molecule has 0 N–H and O–H groups in total. The Morgan fingerprint density at radius 3 is 2.27 bits per heavy atom. The zero-order valence-corrected chi connectivity index (χ0v) is 33.4. The van der Waals surface area contributed by atoms with Crippen molar-refractivity contribution in [2.45, 2.75) is 43.9 Å². The van der Waals surface area contributed by atoms with Crippen LogP contribution in [0.3, 0.4) is 0 Å². The Morgan fingerprint density at radius 2 is 1.52 bits per heavy atom. The van der Waals surface area contributed by atoms with Gasteiger partial charge in [-0.25, -0.2) is 0 Å². The summed E-state index contributed by atoms with van der Waals surface area (Å²) >= 11 is 0.0291. The molecular weight excluding hydrogens is 841 g/mol. The van der Waals surface area contributed by atoms with Crippen LogP contribution < -0.4 is 4.40 Å². The van der Waals surface area contributed by atoms with E-state index in [1.54, 1.807) is 17.5 Å². The first kappa shape index (κ1) is 32.9. The zero-order chi connectivity index (χ0) is 33.6. The SMILES string of the molecule is Cc1cc(-c2[c-]cccc2)nc[c]1[Ge]([CH3])([CH3])[CH3].[2H]C(C)(C)c1ccnc(-c2[c-]ccc3c2sc2cc4c(ccc5ccccc54)cc23)c1.[Ir]. The van der Waals surface area contributed by atoms with E-state index in [1.807, 2.05) is 50.2 Å². The van der Waals surface area contributed by atoms with E-state index in [9.17, 15) is 0 Å². The van der Waals surface area contributed by atoms with Crippen molar-refractivity contribution in [3.8, 4) is 22.5 Å². The molecule has 5 aromatic carbocycles. The number of pyridine rings is 2. The molecule has 241 valence electrons. The van der Waals surface area contributed by atoms with Gasteiger partial charge in [0.2, 0.25) is 0 Å². The Balaban J connectivity index is 0.000000198. The van der Waals surface area contributed by atoms with Crippen molar-refractivity contribution in [1.82, 2.24) is 9.97 Å². The van der Waals surface area contributed by atoms with Crippen molar-refractivity contribution < 1.29 is 21.5 Å². The molecule has 48 heavy (non-hydrogen) atoms. The minimum absolute atomic E-state index is 0. The van der Waals surface area contributed by atoms with Gasteiger partial charge in [0.25, 0.3) is 0 Å². The van der Waals surface area contributed by atoms with E-state index in [2.05, 4.69) is 119 Å². The third-order valence-electron chi connectivity index (χ3n) is 8.79. The van der Waals surface area contributed by atoms with E-state index in [0.717, 1.165) is 28.1 Å². The molecule has 0 aliphatic carbocycles. The standard InChI is InChI=1S/C28H20NS.C15H18GeN.Ir/c1-17(2)19-12-13-29-26(15-19)23-9-5-8-22-25-14-20-11-10-18-6-3-4-7-21(18)24(20)16-27(25)30-28(22)23;1-12-10-15(13-8-6-5-7-9-13)17-11-14(12)16(2,3)4;/h3-8,10-17H,1-2H3;5-8,10-11H,1-4H3;/q2*-1;/i17D;;. The predicted octanol–water partition coefficient (Wildman–Crippen LogP) is 11.7. The topological polar surface area (TPSA) is 25.8 Å². The average molecular weight is 881 g/mol. The number of thiophene rings is 1. The summed E-state index contributed by atoms with van der Waals surface area (Å²) in [4.78, 5) is 9.22.